The number of benzene rings is 2. The van der Waals surface area contributed by atoms with Gasteiger partial charge in [0, 0.05) is 39.2 Å². The van der Waals surface area contributed by atoms with Crippen LogP contribution < -0.4 is 0 Å². The molecule has 1 fully saturated rings. The maximum atomic E-state index is 12.9. The normalized spacial score (nSPS) is 20.9. The maximum Gasteiger partial charge on any atom is 0.306 e. The number of ether oxygens (including phenoxy) is 6. The molecular formula is C32H36O16. The molecule has 2 aromatic carbocycles. The fraction of sp³-hybridized carbons (Fsp3) is 0.438. The van der Waals surface area contributed by atoms with Gasteiger partial charge in [0.25, 0.3) is 0 Å². The molecule has 4 N–H and O–H groups in total. The Morgan fingerprint density at radius 1 is 0.729 bits per heavy atom. The highest BCUT2D eigenvalue weighted by Gasteiger charge is 2.54. The molecule has 0 amide bonds. The van der Waals surface area contributed by atoms with Crippen molar-refractivity contribution in [2.75, 3.05) is 13.7 Å². The van der Waals surface area contributed by atoms with Gasteiger partial charge in [-0.3, -0.25) is 28.8 Å². The number of hydrogen-bond acceptors (Lipinski definition) is 16. The molecule has 1 heterocycles. The van der Waals surface area contributed by atoms with E-state index in [0.717, 1.165) is 41.7 Å². The number of methoxy groups -OCH3 is 1. The summed E-state index contributed by atoms with van der Waals surface area (Å²) < 4.78 is 32.2. The highest BCUT2D eigenvalue weighted by atomic mass is 16.7. The van der Waals surface area contributed by atoms with E-state index < -0.39 is 119 Å². The number of ketones is 1. The van der Waals surface area contributed by atoms with Crippen molar-refractivity contribution in [2.45, 2.75) is 77.5 Å². The molecule has 0 aromatic heterocycles. The molecule has 0 saturated carbocycles. The molecule has 2 aromatic rings. The van der Waals surface area contributed by atoms with Crippen LogP contribution in [0.25, 0.3) is 0 Å². The van der Waals surface area contributed by atoms with Gasteiger partial charge in [-0.25, -0.2) is 0 Å². The molecule has 1 unspecified atom stereocenters. The standard InChI is InChI=1S/C32H36O16/c1-13(33)23-26(40)24(20(11-22(39)43-6)18-7-9-19(38)10-8-18)28(42)25(27(23)41)30-32(47-17(5)37)31(46-16(4)36)29(45-15(3)35)21(48-30)12-44-14(2)34/h7-10,20-21,29-32,38,40-42H,11-12H2,1-6H3/t20?,21-,29-,30+,31+,32+/m1/s1. The van der Waals surface area contributed by atoms with E-state index in [2.05, 4.69) is 0 Å². The van der Waals surface area contributed by atoms with E-state index in [1.165, 1.54) is 24.3 Å². The summed E-state index contributed by atoms with van der Waals surface area (Å²) in [6.07, 6.45) is -9.02. The van der Waals surface area contributed by atoms with Gasteiger partial charge in [0.15, 0.2) is 24.1 Å². The number of phenols is 4. The van der Waals surface area contributed by atoms with E-state index >= 15 is 0 Å². The summed E-state index contributed by atoms with van der Waals surface area (Å²) in [5.41, 5.74) is -1.65. The monoisotopic (exact) mass is 676 g/mol. The van der Waals surface area contributed by atoms with E-state index in [-0.39, 0.29) is 11.3 Å². The summed E-state index contributed by atoms with van der Waals surface area (Å²) in [6.45, 7) is 4.42. The Bertz CT molecular complexity index is 1580. The molecule has 16 nitrogen and oxygen atoms in total. The molecule has 0 aliphatic carbocycles. The number of carbonyl (C=O) groups is 6. The summed E-state index contributed by atoms with van der Waals surface area (Å²) in [5.74, 6) is -9.71. The molecule has 1 saturated heterocycles. The van der Waals surface area contributed by atoms with Crippen molar-refractivity contribution in [3.8, 4) is 23.0 Å². The number of hydrogen-bond donors (Lipinski definition) is 4. The van der Waals surface area contributed by atoms with Crippen LogP contribution in [0.15, 0.2) is 24.3 Å². The van der Waals surface area contributed by atoms with Crippen molar-refractivity contribution in [1.82, 2.24) is 0 Å². The van der Waals surface area contributed by atoms with Crippen LogP contribution in [-0.4, -0.2) is 94.2 Å². The summed E-state index contributed by atoms with van der Waals surface area (Å²) >= 11 is 0. The van der Waals surface area contributed by atoms with Gasteiger partial charge in [-0.1, -0.05) is 12.1 Å². The second-order valence-corrected chi connectivity index (χ2v) is 10.8. The van der Waals surface area contributed by atoms with Gasteiger partial charge in [0.05, 0.1) is 19.1 Å². The third kappa shape index (κ3) is 8.31. The molecule has 0 bridgehead atoms. The third-order valence-electron chi connectivity index (χ3n) is 7.36. The Morgan fingerprint density at radius 3 is 1.77 bits per heavy atom. The Balaban J connectivity index is 2.44. The quantitative estimate of drug-likeness (QED) is 0.152. The zero-order valence-corrected chi connectivity index (χ0v) is 26.9. The van der Waals surface area contributed by atoms with E-state index in [9.17, 15) is 49.2 Å². The van der Waals surface area contributed by atoms with Crippen molar-refractivity contribution >= 4 is 35.6 Å². The summed E-state index contributed by atoms with van der Waals surface area (Å²) in [5, 5.41) is 44.6. The predicted molar refractivity (Wildman–Crippen MR) is 159 cm³/mol. The number of esters is 5. The minimum atomic E-state index is -1.87. The van der Waals surface area contributed by atoms with E-state index in [1.807, 2.05) is 0 Å². The molecule has 16 heteroatoms. The number of Topliss-reactive ketones (excluding diaryl/α,β-unsaturated/α-hetero) is 1. The number of carbonyl (C=O) groups excluding carboxylic acids is 6. The Hall–Kier alpha value is -5.38. The lowest BCUT2D eigenvalue weighted by molar-refractivity contribution is -0.254. The van der Waals surface area contributed by atoms with Gasteiger partial charge in [-0.2, -0.15) is 0 Å². The zero-order valence-electron chi connectivity index (χ0n) is 26.9. The summed E-state index contributed by atoms with van der Waals surface area (Å²) in [6, 6.07) is 5.27. The largest absolute Gasteiger partial charge is 0.508 e. The van der Waals surface area contributed by atoms with Gasteiger partial charge >= 0.3 is 29.8 Å². The molecule has 0 radical (unpaired) electrons. The average Bonchev–Trinajstić information content (AvgIpc) is 2.97. The molecule has 48 heavy (non-hydrogen) atoms. The Morgan fingerprint density at radius 2 is 1.27 bits per heavy atom. The number of rotatable bonds is 11. The van der Waals surface area contributed by atoms with Gasteiger partial charge in [0.1, 0.15) is 47.4 Å². The zero-order chi connectivity index (χ0) is 36.0. The lowest BCUT2D eigenvalue weighted by Gasteiger charge is -2.45. The van der Waals surface area contributed by atoms with E-state index in [0.29, 0.717) is 0 Å². The maximum absolute atomic E-state index is 12.9. The van der Waals surface area contributed by atoms with Gasteiger partial charge in [-0.05, 0) is 24.6 Å². The van der Waals surface area contributed by atoms with Crippen LogP contribution in [-0.2, 0) is 52.4 Å². The molecule has 3 rings (SSSR count). The first-order valence-corrected chi connectivity index (χ1v) is 14.5. The first kappa shape index (κ1) is 37.1. The van der Waals surface area contributed by atoms with Crippen LogP contribution in [0.2, 0.25) is 0 Å². The highest BCUT2D eigenvalue weighted by Crippen LogP contribution is 2.53. The molecule has 260 valence electrons. The first-order chi connectivity index (χ1) is 22.5. The first-order valence-electron chi connectivity index (χ1n) is 14.5. The van der Waals surface area contributed by atoms with Crippen LogP contribution in [0.1, 0.15) is 80.1 Å². The lowest BCUT2D eigenvalue weighted by atomic mass is 9.81. The molecule has 6 atom stereocenters. The van der Waals surface area contributed by atoms with E-state index in [1.54, 1.807) is 0 Å². The molecule has 1 aliphatic heterocycles. The summed E-state index contributed by atoms with van der Waals surface area (Å²) in [7, 11) is 1.09. The van der Waals surface area contributed by atoms with Crippen molar-refractivity contribution in [2.24, 2.45) is 0 Å². The van der Waals surface area contributed by atoms with Crippen molar-refractivity contribution in [3.05, 3.63) is 46.5 Å². The minimum absolute atomic E-state index is 0.155. The predicted octanol–water partition coefficient (Wildman–Crippen LogP) is 2.20. The molecular weight excluding hydrogens is 640 g/mol. The number of aromatic hydroxyl groups is 4. The summed E-state index contributed by atoms with van der Waals surface area (Å²) in [4.78, 5) is 74.1. The van der Waals surface area contributed by atoms with Gasteiger partial charge in [-0.15, -0.1) is 0 Å². The van der Waals surface area contributed by atoms with Crippen LogP contribution >= 0.6 is 0 Å². The fourth-order valence-corrected chi connectivity index (χ4v) is 5.49. The van der Waals surface area contributed by atoms with Gasteiger partial charge in [0.2, 0.25) is 0 Å². The van der Waals surface area contributed by atoms with Crippen molar-refractivity contribution in [1.29, 1.82) is 0 Å². The smallest absolute Gasteiger partial charge is 0.306 e. The highest BCUT2D eigenvalue weighted by molar-refractivity contribution is 6.01. The Labute approximate surface area is 274 Å². The van der Waals surface area contributed by atoms with E-state index in [4.69, 9.17) is 28.4 Å². The second kappa shape index (κ2) is 15.5. The topological polar surface area (TPSA) is 239 Å². The van der Waals surface area contributed by atoms with Crippen LogP contribution in [0.3, 0.4) is 0 Å². The molecule has 1 aliphatic rings. The van der Waals surface area contributed by atoms with Crippen LogP contribution in [0.5, 0.6) is 23.0 Å². The van der Waals surface area contributed by atoms with Gasteiger partial charge < -0.3 is 48.8 Å². The van der Waals surface area contributed by atoms with Crippen LogP contribution in [0.4, 0.5) is 0 Å². The van der Waals surface area contributed by atoms with Crippen molar-refractivity contribution in [3.63, 3.8) is 0 Å². The minimum Gasteiger partial charge on any atom is -0.508 e. The fourth-order valence-electron chi connectivity index (χ4n) is 5.49. The van der Waals surface area contributed by atoms with Crippen LogP contribution in [0, 0.1) is 0 Å². The molecule has 0 spiro atoms. The van der Waals surface area contributed by atoms with Crippen molar-refractivity contribution < 1.29 is 77.6 Å². The number of phenolic OH excluding ortho intramolecular Hbond substituents is 4. The lowest BCUT2D eigenvalue weighted by Crippen LogP contribution is -2.59. The average molecular weight is 677 g/mol. The third-order valence-corrected chi connectivity index (χ3v) is 7.36. The Kier molecular flexibility index (Phi) is 12.0. The second-order valence-electron chi connectivity index (χ2n) is 10.8. The SMILES string of the molecule is COC(=O)CC(c1ccc(O)cc1)c1c(O)c(C(C)=O)c(O)c([C@@H]2O[C@H](COC(C)=O)[C@@H](OC(C)=O)[C@H](OC(C)=O)[C@H]2OC(C)=O)c1O.